The van der Waals surface area contributed by atoms with Crippen molar-refractivity contribution in [3.63, 3.8) is 0 Å². The van der Waals surface area contributed by atoms with Gasteiger partial charge >= 0.3 is 0 Å². The Morgan fingerprint density at radius 2 is 2.18 bits per heavy atom. The average Bonchev–Trinajstić information content (AvgIpc) is 3.31. The summed E-state index contributed by atoms with van der Waals surface area (Å²) in [5, 5.41) is 10.3. The number of nitrogens with one attached hydrogen (secondary N) is 3. The van der Waals surface area contributed by atoms with Gasteiger partial charge < -0.3 is 15.2 Å². The molecule has 0 spiro atoms. The minimum Gasteiger partial charge on any atom is -0.355 e. The number of benzene rings is 1. The molecular formula is C19H25FN6OS. The van der Waals surface area contributed by atoms with E-state index in [-0.39, 0.29) is 30.0 Å². The Kier molecular flexibility index (Phi) is 5.72. The van der Waals surface area contributed by atoms with Gasteiger partial charge in [-0.25, -0.2) is 9.82 Å². The van der Waals surface area contributed by atoms with E-state index in [1.54, 1.807) is 0 Å². The molecule has 28 heavy (non-hydrogen) atoms. The molecule has 0 bridgehead atoms. The Bertz CT molecular complexity index is 770. The maximum Gasteiger partial charge on any atom is 0.230 e. The third-order valence-electron chi connectivity index (χ3n) is 5.16. The standard InChI is InChI=1S/C19H25FN6OS/c1-2-3-8-21-17(27)12-28-19-23-22-18-16-11-15(13-4-6-14(20)7-5-13)24-26(16)10-9-25(18)19/h4-7,9-10,15-16,18,22,24H,2-3,8,11-12H2,1H3,(H,21,27). The van der Waals surface area contributed by atoms with Crippen molar-refractivity contribution in [2.75, 3.05) is 12.3 Å². The summed E-state index contributed by atoms with van der Waals surface area (Å²) in [6.45, 7) is 2.82. The number of nitrogens with zero attached hydrogens (tertiary/aromatic N) is 3. The van der Waals surface area contributed by atoms with Crippen molar-refractivity contribution in [3.8, 4) is 0 Å². The van der Waals surface area contributed by atoms with Gasteiger partial charge in [-0.3, -0.25) is 10.2 Å². The van der Waals surface area contributed by atoms with Gasteiger partial charge in [0.2, 0.25) is 5.91 Å². The molecule has 3 N–H and O–H groups in total. The van der Waals surface area contributed by atoms with Crippen LogP contribution in [0.1, 0.15) is 37.8 Å². The molecule has 3 aliphatic heterocycles. The molecule has 0 aromatic heterocycles. The van der Waals surface area contributed by atoms with E-state index in [0.29, 0.717) is 5.75 Å². The molecule has 9 heteroatoms. The van der Waals surface area contributed by atoms with E-state index in [9.17, 15) is 9.18 Å². The maximum absolute atomic E-state index is 13.2. The SMILES string of the molecule is CCCCNC(=O)CSC1=NNC2C3CC(c4ccc(F)cc4)NN3C=CN12. The highest BCUT2D eigenvalue weighted by Gasteiger charge is 2.44. The van der Waals surface area contributed by atoms with Crippen LogP contribution in [-0.2, 0) is 4.79 Å². The Morgan fingerprint density at radius 1 is 1.36 bits per heavy atom. The molecule has 150 valence electrons. The fourth-order valence-electron chi connectivity index (χ4n) is 3.65. The third-order valence-corrected chi connectivity index (χ3v) is 6.13. The smallest absolute Gasteiger partial charge is 0.230 e. The second-order valence-electron chi connectivity index (χ2n) is 7.11. The molecule has 1 aromatic carbocycles. The monoisotopic (exact) mass is 404 g/mol. The molecule has 1 saturated heterocycles. The fraction of sp³-hybridized carbons (Fsp3) is 0.474. The summed E-state index contributed by atoms with van der Waals surface area (Å²) >= 11 is 1.44. The van der Waals surface area contributed by atoms with Gasteiger partial charge in [0, 0.05) is 18.9 Å². The molecule has 0 aliphatic carbocycles. The first-order valence-corrected chi connectivity index (χ1v) is 10.6. The minimum atomic E-state index is -0.225. The molecule has 3 aliphatic rings. The number of hydrogen-bond donors (Lipinski definition) is 3. The van der Waals surface area contributed by atoms with Gasteiger partial charge in [0.05, 0.1) is 17.8 Å². The molecule has 0 saturated carbocycles. The number of hydrazone groups is 1. The Hall–Kier alpha value is -2.26. The van der Waals surface area contributed by atoms with E-state index >= 15 is 0 Å². The predicted molar refractivity (Wildman–Crippen MR) is 108 cm³/mol. The molecule has 4 rings (SSSR count). The summed E-state index contributed by atoms with van der Waals surface area (Å²) < 4.78 is 13.2. The van der Waals surface area contributed by atoms with Crippen molar-refractivity contribution in [1.82, 2.24) is 26.1 Å². The first-order valence-electron chi connectivity index (χ1n) is 9.65. The molecular weight excluding hydrogens is 379 g/mol. The van der Waals surface area contributed by atoms with Crippen molar-refractivity contribution < 1.29 is 9.18 Å². The zero-order valence-corrected chi connectivity index (χ0v) is 16.6. The van der Waals surface area contributed by atoms with Crippen LogP contribution in [0.2, 0.25) is 0 Å². The van der Waals surface area contributed by atoms with Crippen molar-refractivity contribution in [2.24, 2.45) is 5.10 Å². The van der Waals surface area contributed by atoms with Crippen LogP contribution in [0, 0.1) is 5.82 Å². The molecule has 1 fully saturated rings. The molecule has 3 heterocycles. The number of halogens is 1. The highest BCUT2D eigenvalue weighted by Crippen LogP contribution is 2.35. The molecule has 7 nitrogen and oxygen atoms in total. The van der Waals surface area contributed by atoms with Crippen molar-refractivity contribution in [3.05, 3.63) is 48.0 Å². The first-order chi connectivity index (χ1) is 13.7. The lowest BCUT2D eigenvalue weighted by molar-refractivity contribution is -0.118. The van der Waals surface area contributed by atoms with E-state index < -0.39 is 0 Å². The Labute approximate surface area is 168 Å². The third kappa shape index (κ3) is 3.95. The van der Waals surface area contributed by atoms with Gasteiger partial charge in [0.15, 0.2) is 5.17 Å². The Balaban J connectivity index is 1.33. The van der Waals surface area contributed by atoms with Crippen LogP contribution < -0.4 is 16.2 Å². The van der Waals surface area contributed by atoms with Crippen LogP contribution in [0.25, 0.3) is 0 Å². The average molecular weight is 405 g/mol. The Morgan fingerprint density at radius 3 is 2.96 bits per heavy atom. The number of hydrazine groups is 1. The number of unbranched alkanes of at least 4 members (excludes halogenated alkanes) is 1. The summed E-state index contributed by atoms with van der Waals surface area (Å²) in [5.74, 6) is 0.162. The molecule has 1 aromatic rings. The van der Waals surface area contributed by atoms with Gasteiger partial charge in [-0.1, -0.05) is 37.2 Å². The van der Waals surface area contributed by atoms with E-state index in [1.807, 2.05) is 24.5 Å². The number of carbonyl (C=O) groups excluding carboxylic acids is 1. The number of hydrogen-bond acceptors (Lipinski definition) is 7. The summed E-state index contributed by atoms with van der Waals surface area (Å²) in [6, 6.07) is 6.94. The number of carbonyl (C=O) groups is 1. The van der Waals surface area contributed by atoms with Crippen LogP contribution in [0.15, 0.2) is 41.8 Å². The molecule has 3 atom stereocenters. The summed E-state index contributed by atoms with van der Waals surface area (Å²) in [4.78, 5) is 14.0. The van der Waals surface area contributed by atoms with E-state index in [2.05, 4.69) is 38.1 Å². The zero-order chi connectivity index (χ0) is 19.5. The van der Waals surface area contributed by atoms with Gasteiger partial charge in [-0.15, -0.1) is 0 Å². The highest BCUT2D eigenvalue weighted by molar-refractivity contribution is 8.14. The number of fused-ring (bicyclic) bond motifs is 3. The van der Waals surface area contributed by atoms with E-state index in [4.69, 9.17) is 0 Å². The summed E-state index contributed by atoms with van der Waals surface area (Å²) in [6.07, 6.45) is 6.91. The number of rotatable bonds is 6. The van der Waals surface area contributed by atoms with Crippen LogP contribution >= 0.6 is 11.8 Å². The molecule has 1 amide bonds. The first kappa shape index (κ1) is 19.1. The van der Waals surface area contributed by atoms with E-state index in [0.717, 1.165) is 36.5 Å². The number of amidine groups is 1. The summed E-state index contributed by atoms with van der Waals surface area (Å²) in [5.41, 5.74) is 7.74. The minimum absolute atomic E-state index is 0.00796. The van der Waals surface area contributed by atoms with Gasteiger partial charge in [0.1, 0.15) is 12.0 Å². The largest absolute Gasteiger partial charge is 0.355 e. The second kappa shape index (κ2) is 8.40. The molecule has 0 radical (unpaired) electrons. The van der Waals surface area contributed by atoms with Gasteiger partial charge in [0.25, 0.3) is 0 Å². The van der Waals surface area contributed by atoms with Crippen LogP contribution in [0.3, 0.4) is 0 Å². The van der Waals surface area contributed by atoms with Crippen molar-refractivity contribution in [2.45, 2.75) is 44.4 Å². The maximum atomic E-state index is 13.2. The van der Waals surface area contributed by atoms with Crippen molar-refractivity contribution in [1.29, 1.82) is 0 Å². The van der Waals surface area contributed by atoms with Crippen LogP contribution in [0.5, 0.6) is 0 Å². The number of amides is 1. The second-order valence-corrected chi connectivity index (χ2v) is 8.05. The van der Waals surface area contributed by atoms with E-state index in [1.165, 1.54) is 23.9 Å². The van der Waals surface area contributed by atoms with Gasteiger partial charge in [-0.2, -0.15) is 5.10 Å². The van der Waals surface area contributed by atoms with Crippen LogP contribution in [0.4, 0.5) is 4.39 Å². The van der Waals surface area contributed by atoms with Crippen molar-refractivity contribution >= 4 is 22.8 Å². The number of thioether (sulfide) groups is 1. The lowest BCUT2D eigenvalue weighted by Crippen LogP contribution is -2.54. The fourth-order valence-corrected chi connectivity index (χ4v) is 4.45. The summed E-state index contributed by atoms with van der Waals surface area (Å²) in [7, 11) is 0. The zero-order valence-electron chi connectivity index (χ0n) is 15.8. The van der Waals surface area contributed by atoms with Crippen LogP contribution in [-0.4, -0.2) is 45.5 Å². The lowest BCUT2D eigenvalue weighted by atomic mass is 10.00. The molecule has 3 unspecified atom stereocenters. The lowest BCUT2D eigenvalue weighted by Gasteiger charge is -2.36. The quantitative estimate of drug-likeness (QED) is 0.631. The van der Waals surface area contributed by atoms with Gasteiger partial charge in [-0.05, 0) is 30.5 Å². The predicted octanol–water partition coefficient (Wildman–Crippen LogP) is 2.08. The highest BCUT2D eigenvalue weighted by atomic mass is 32.2. The normalized spacial score (nSPS) is 25.2. The topological polar surface area (TPSA) is 72.0 Å².